The molecule has 0 unspecified atom stereocenters. The van der Waals surface area contributed by atoms with Crippen molar-refractivity contribution in [2.24, 2.45) is 0 Å². The molecule has 0 fully saturated rings. The van der Waals surface area contributed by atoms with Crippen molar-refractivity contribution in [2.75, 3.05) is 18.9 Å². The molecule has 8 nitrogen and oxygen atoms in total. The second kappa shape index (κ2) is 8.68. The van der Waals surface area contributed by atoms with Gasteiger partial charge in [-0.25, -0.2) is 8.42 Å². The number of benzene rings is 2. The van der Waals surface area contributed by atoms with E-state index in [2.05, 4.69) is 19.4 Å². The number of anilines is 1. The number of halogens is 3. The molecule has 2 aromatic carbocycles. The van der Waals surface area contributed by atoms with Crippen molar-refractivity contribution in [3.8, 4) is 11.5 Å². The molecule has 0 bridgehead atoms. The van der Waals surface area contributed by atoms with Gasteiger partial charge in [0.25, 0.3) is 10.0 Å². The van der Waals surface area contributed by atoms with Gasteiger partial charge >= 0.3 is 12.1 Å². The van der Waals surface area contributed by atoms with Crippen LogP contribution >= 0.6 is 0 Å². The molecular weight excluding hydrogens is 439 g/mol. The first-order valence-electron chi connectivity index (χ1n) is 8.56. The van der Waals surface area contributed by atoms with Crippen molar-refractivity contribution in [3.63, 3.8) is 0 Å². The Morgan fingerprint density at radius 2 is 1.68 bits per heavy atom. The first-order valence-corrected chi connectivity index (χ1v) is 10.0. The molecule has 1 heterocycles. The largest absolute Gasteiger partial charge is 0.493 e. The number of methoxy groups -OCH3 is 2. The van der Waals surface area contributed by atoms with E-state index >= 15 is 0 Å². The van der Waals surface area contributed by atoms with Gasteiger partial charge in [0.05, 0.1) is 19.1 Å². The minimum Gasteiger partial charge on any atom is -0.493 e. The number of aromatic nitrogens is 2. The maximum Gasteiger partial charge on any atom is 0.471 e. The molecule has 0 aliphatic heterocycles. The number of ether oxygens (including phenoxy) is 2. The monoisotopic (exact) mass is 455 g/mol. The SMILES string of the molecule is COc1ccc(S(=O)(=O)Nc2ccc(/C=C/c3noc(C(F)(F)F)n3)cc2)cc1OC. The third-order valence-corrected chi connectivity index (χ3v) is 5.32. The Morgan fingerprint density at radius 1 is 1.00 bits per heavy atom. The van der Waals surface area contributed by atoms with E-state index in [1.165, 1.54) is 56.7 Å². The van der Waals surface area contributed by atoms with Crippen LogP contribution in [0.15, 0.2) is 51.9 Å². The van der Waals surface area contributed by atoms with Gasteiger partial charge < -0.3 is 14.0 Å². The summed E-state index contributed by atoms with van der Waals surface area (Å²) in [5.74, 6) is -1.03. The first-order chi connectivity index (χ1) is 14.6. The summed E-state index contributed by atoms with van der Waals surface area (Å²) >= 11 is 0. The lowest BCUT2D eigenvalue weighted by Gasteiger charge is -2.11. The second-order valence-electron chi connectivity index (χ2n) is 6.03. The first kappa shape index (κ1) is 22.2. The fourth-order valence-corrected chi connectivity index (χ4v) is 3.52. The number of hydrogen-bond acceptors (Lipinski definition) is 7. The smallest absolute Gasteiger partial charge is 0.471 e. The summed E-state index contributed by atoms with van der Waals surface area (Å²) in [5.41, 5.74) is 0.860. The molecule has 0 aliphatic carbocycles. The van der Waals surface area contributed by atoms with Crippen LogP contribution in [0.1, 0.15) is 17.3 Å². The highest BCUT2D eigenvalue weighted by Gasteiger charge is 2.38. The molecule has 0 saturated carbocycles. The van der Waals surface area contributed by atoms with E-state index < -0.39 is 22.1 Å². The highest BCUT2D eigenvalue weighted by Crippen LogP contribution is 2.30. The zero-order valence-corrected chi connectivity index (χ0v) is 17.0. The lowest BCUT2D eigenvalue weighted by atomic mass is 10.2. The Kier molecular flexibility index (Phi) is 6.20. The summed E-state index contributed by atoms with van der Waals surface area (Å²) < 4.78 is 79.4. The van der Waals surface area contributed by atoms with Gasteiger partial charge in [0.15, 0.2) is 17.3 Å². The lowest BCUT2D eigenvalue weighted by Crippen LogP contribution is -2.13. The van der Waals surface area contributed by atoms with E-state index in [9.17, 15) is 21.6 Å². The zero-order valence-electron chi connectivity index (χ0n) is 16.2. The quantitative estimate of drug-likeness (QED) is 0.573. The highest BCUT2D eigenvalue weighted by molar-refractivity contribution is 7.92. The van der Waals surface area contributed by atoms with Crippen molar-refractivity contribution < 1.29 is 35.6 Å². The Labute approximate surface area is 175 Å². The predicted octanol–water partition coefficient (Wildman–Crippen LogP) is 4.08. The van der Waals surface area contributed by atoms with E-state index in [-0.39, 0.29) is 22.2 Å². The number of rotatable bonds is 7. The predicted molar refractivity (Wildman–Crippen MR) is 105 cm³/mol. The van der Waals surface area contributed by atoms with Crippen LogP contribution in [0.25, 0.3) is 12.2 Å². The molecule has 0 radical (unpaired) electrons. The van der Waals surface area contributed by atoms with E-state index in [1.807, 2.05) is 0 Å². The standard InChI is InChI=1S/C19H16F3N3O5S/c1-28-15-9-8-14(11-16(15)29-2)31(26,27)25-13-6-3-12(4-7-13)5-10-17-23-18(30-24-17)19(20,21)22/h3-11,25H,1-2H3/b10-5+. The number of nitrogens with zero attached hydrogens (tertiary/aromatic N) is 2. The van der Waals surface area contributed by atoms with Gasteiger partial charge in [0.2, 0.25) is 0 Å². The van der Waals surface area contributed by atoms with Crippen LogP contribution in [0.4, 0.5) is 18.9 Å². The maximum absolute atomic E-state index is 12.6. The van der Waals surface area contributed by atoms with Crippen molar-refractivity contribution in [3.05, 3.63) is 59.7 Å². The van der Waals surface area contributed by atoms with Crippen LogP contribution in [-0.4, -0.2) is 32.8 Å². The second-order valence-corrected chi connectivity index (χ2v) is 7.72. The number of nitrogens with one attached hydrogen (secondary N) is 1. The minimum atomic E-state index is -4.72. The Balaban J connectivity index is 1.72. The summed E-state index contributed by atoms with van der Waals surface area (Å²) in [7, 11) is -1.06. The summed E-state index contributed by atoms with van der Waals surface area (Å²) in [4.78, 5) is 3.20. The third-order valence-electron chi connectivity index (χ3n) is 3.94. The summed E-state index contributed by atoms with van der Waals surface area (Å²) in [6.07, 6.45) is -2.02. The molecule has 3 aromatic rings. The van der Waals surface area contributed by atoms with Gasteiger partial charge in [-0.3, -0.25) is 4.72 Å². The van der Waals surface area contributed by atoms with Crippen LogP contribution in [0.2, 0.25) is 0 Å². The van der Waals surface area contributed by atoms with Crippen LogP contribution in [0, 0.1) is 0 Å². The average Bonchev–Trinajstić information content (AvgIpc) is 3.22. The fraction of sp³-hybridized carbons (Fsp3) is 0.158. The molecule has 12 heteroatoms. The third kappa shape index (κ3) is 5.34. The Hall–Kier alpha value is -3.54. The normalized spacial score (nSPS) is 12.2. The lowest BCUT2D eigenvalue weighted by molar-refractivity contribution is -0.159. The molecule has 1 N–H and O–H groups in total. The zero-order chi connectivity index (χ0) is 22.6. The molecule has 0 saturated heterocycles. The molecule has 0 aliphatic rings. The number of sulfonamides is 1. The summed E-state index contributed by atoms with van der Waals surface area (Å²) in [5, 5.41) is 3.22. The molecule has 0 spiro atoms. The van der Waals surface area contributed by atoms with Gasteiger partial charge in [0.1, 0.15) is 0 Å². The van der Waals surface area contributed by atoms with Crippen LogP contribution < -0.4 is 14.2 Å². The molecule has 0 atom stereocenters. The van der Waals surface area contributed by atoms with Gasteiger partial charge in [-0.15, -0.1) is 0 Å². The Bertz CT molecular complexity index is 1190. The number of hydrogen-bond donors (Lipinski definition) is 1. The topological polar surface area (TPSA) is 104 Å². The van der Waals surface area contributed by atoms with Gasteiger partial charge in [-0.05, 0) is 35.9 Å². The average molecular weight is 455 g/mol. The van der Waals surface area contributed by atoms with E-state index in [0.29, 0.717) is 11.3 Å². The molecule has 3 rings (SSSR count). The van der Waals surface area contributed by atoms with Crippen molar-refractivity contribution >= 4 is 27.9 Å². The van der Waals surface area contributed by atoms with E-state index in [0.717, 1.165) is 0 Å². The van der Waals surface area contributed by atoms with Crippen LogP contribution in [-0.2, 0) is 16.2 Å². The highest BCUT2D eigenvalue weighted by atomic mass is 32.2. The van der Waals surface area contributed by atoms with Crippen LogP contribution in [0.5, 0.6) is 11.5 Å². The van der Waals surface area contributed by atoms with Gasteiger partial charge in [0, 0.05) is 11.8 Å². The van der Waals surface area contributed by atoms with Gasteiger partial charge in [-0.1, -0.05) is 23.4 Å². The maximum atomic E-state index is 12.6. The van der Waals surface area contributed by atoms with E-state index in [1.54, 1.807) is 12.1 Å². The molecule has 1 aromatic heterocycles. The van der Waals surface area contributed by atoms with Crippen molar-refractivity contribution in [1.82, 2.24) is 10.1 Å². The minimum absolute atomic E-state index is 0.0216. The summed E-state index contributed by atoms with van der Waals surface area (Å²) in [6.45, 7) is 0. The van der Waals surface area contributed by atoms with Crippen LogP contribution in [0.3, 0.4) is 0 Å². The molecular formula is C19H16F3N3O5S. The van der Waals surface area contributed by atoms with Crippen molar-refractivity contribution in [2.45, 2.75) is 11.1 Å². The van der Waals surface area contributed by atoms with E-state index in [4.69, 9.17) is 9.47 Å². The molecule has 31 heavy (non-hydrogen) atoms. The summed E-state index contributed by atoms with van der Waals surface area (Å²) in [6, 6.07) is 10.3. The van der Waals surface area contributed by atoms with Crippen molar-refractivity contribution in [1.29, 1.82) is 0 Å². The molecule has 0 amide bonds. The molecule has 164 valence electrons. The number of alkyl halides is 3. The van der Waals surface area contributed by atoms with Gasteiger partial charge in [-0.2, -0.15) is 18.2 Å². The Morgan fingerprint density at radius 3 is 2.26 bits per heavy atom. The fourth-order valence-electron chi connectivity index (χ4n) is 2.45.